The van der Waals surface area contributed by atoms with E-state index in [1.807, 2.05) is 0 Å². The normalized spacial score (nSPS) is 24.2. The van der Waals surface area contributed by atoms with E-state index >= 15 is 0 Å². The fourth-order valence-electron chi connectivity index (χ4n) is 2.15. The molecule has 0 aliphatic heterocycles. The van der Waals surface area contributed by atoms with Crippen molar-refractivity contribution in [1.82, 2.24) is 10.2 Å². The van der Waals surface area contributed by atoms with E-state index in [1.165, 1.54) is 45.2 Å². The van der Waals surface area contributed by atoms with Crippen LogP contribution in [0.25, 0.3) is 0 Å². The van der Waals surface area contributed by atoms with Gasteiger partial charge in [0, 0.05) is 25.2 Å². The predicted octanol–water partition coefficient (Wildman–Crippen LogP) is 1.86. The molecule has 0 spiro atoms. The average molecular weight is 196 g/mol. The van der Waals surface area contributed by atoms with Gasteiger partial charge in [-0.05, 0) is 45.1 Å². The molecule has 14 heavy (non-hydrogen) atoms. The van der Waals surface area contributed by atoms with Crippen molar-refractivity contribution >= 4 is 0 Å². The molecule has 0 aromatic heterocycles. The molecule has 0 saturated heterocycles. The molecule has 2 aliphatic rings. The maximum Gasteiger partial charge on any atom is 0.0189 e. The average Bonchev–Trinajstić information content (AvgIpc) is 3.03. The molecule has 1 atom stereocenters. The smallest absolute Gasteiger partial charge is 0.0189 e. The topological polar surface area (TPSA) is 15.3 Å². The Balaban J connectivity index is 1.76. The van der Waals surface area contributed by atoms with Crippen molar-refractivity contribution < 1.29 is 0 Å². The van der Waals surface area contributed by atoms with Gasteiger partial charge in [-0.2, -0.15) is 0 Å². The fourth-order valence-corrected chi connectivity index (χ4v) is 2.15. The van der Waals surface area contributed by atoms with Crippen LogP contribution in [0.2, 0.25) is 0 Å². The highest BCUT2D eigenvalue weighted by Gasteiger charge is 2.34. The van der Waals surface area contributed by atoms with Gasteiger partial charge in [0.1, 0.15) is 0 Å². The summed E-state index contributed by atoms with van der Waals surface area (Å²) in [5.41, 5.74) is 0. The first-order valence-corrected chi connectivity index (χ1v) is 6.24. The second-order valence-electron chi connectivity index (χ2n) is 5.02. The van der Waals surface area contributed by atoms with Gasteiger partial charge in [0.05, 0.1) is 0 Å². The lowest BCUT2D eigenvalue weighted by Gasteiger charge is -2.26. The van der Waals surface area contributed by atoms with E-state index in [0.717, 1.165) is 12.0 Å². The summed E-state index contributed by atoms with van der Waals surface area (Å²) in [6, 6.07) is 1.65. The Kier molecular flexibility index (Phi) is 3.45. The summed E-state index contributed by atoms with van der Waals surface area (Å²) in [4.78, 5) is 2.74. The SMILES string of the molecule is CCC(CN(CC1CC1)C1CC1)NC. The summed E-state index contributed by atoms with van der Waals surface area (Å²) in [6.07, 6.45) is 7.13. The third-order valence-corrected chi connectivity index (χ3v) is 3.61. The molecule has 1 N–H and O–H groups in total. The number of likely N-dealkylation sites (N-methyl/N-ethyl adjacent to an activating group) is 1. The molecule has 0 aromatic rings. The van der Waals surface area contributed by atoms with E-state index in [1.54, 1.807) is 0 Å². The van der Waals surface area contributed by atoms with Crippen LogP contribution in [0, 0.1) is 5.92 Å². The standard InChI is InChI=1S/C12H24N2/c1-3-11(13-2)9-14(12-6-7-12)8-10-4-5-10/h10-13H,3-9H2,1-2H3. The van der Waals surface area contributed by atoms with Gasteiger partial charge in [-0.1, -0.05) is 6.92 Å². The number of hydrogen-bond donors (Lipinski definition) is 1. The third-order valence-electron chi connectivity index (χ3n) is 3.61. The number of rotatable bonds is 7. The first-order chi connectivity index (χ1) is 6.83. The zero-order valence-corrected chi connectivity index (χ0v) is 9.63. The molecule has 0 heterocycles. The summed E-state index contributed by atoms with van der Waals surface area (Å²) < 4.78 is 0. The van der Waals surface area contributed by atoms with Gasteiger partial charge in [0.25, 0.3) is 0 Å². The molecule has 2 saturated carbocycles. The molecule has 0 aromatic carbocycles. The molecule has 2 heteroatoms. The number of nitrogens with zero attached hydrogens (tertiary/aromatic N) is 1. The summed E-state index contributed by atoms with van der Waals surface area (Å²) in [5, 5.41) is 3.42. The minimum atomic E-state index is 0.703. The van der Waals surface area contributed by atoms with E-state index in [-0.39, 0.29) is 0 Å². The van der Waals surface area contributed by atoms with E-state index in [9.17, 15) is 0 Å². The molecule has 2 fully saturated rings. The number of hydrogen-bond acceptors (Lipinski definition) is 2. The Morgan fingerprint density at radius 1 is 1.29 bits per heavy atom. The maximum absolute atomic E-state index is 3.42. The van der Waals surface area contributed by atoms with Gasteiger partial charge in [-0.15, -0.1) is 0 Å². The molecule has 0 amide bonds. The van der Waals surface area contributed by atoms with Crippen molar-refractivity contribution in [3.63, 3.8) is 0 Å². The summed E-state index contributed by atoms with van der Waals surface area (Å²) in [5.74, 6) is 1.05. The van der Waals surface area contributed by atoms with Gasteiger partial charge in [0.2, 0.25) is 0 Å². The molecule has 2 rings (SSSR count). The van der Waals surface area contributed by atoms with Gasteiger partial charge in [0.15, 0.2) is 0 Å². The van der Waals surface area contributed by atoms with Crippen LogP contribution in [0.1, 0.15) is 39.0 Å². The van der Waals surface area contributed by atoms with Crippen molar-refractivity contribution in [2.45, 2.75) is 51.1 Å². The Hall–Kier alpha value is -0.0800. The third kappa shape index (κ3) is 2.96. The lowest BCUT2D eigenvalue weighted by Crippen LogP contribution is -2.41. The first-order valence-electron chi connectivity index (χ1n) is 6.24. The Labute approximate surface area is 88.1 Å². The van der Waals surface area contributed by atoms with Crippen molar-refractivity contribution in [1.29, 1.82) is 0 Å². The second-order valence-corrected chi connectivity index (χ2v) is 5.02. The Bertz CT molecular complexity index is 169. The molecular weight excluding hydrogens is 172 g/mol. The van der Waals surface area contributed by atoms with Crippen LogP contribution in [0.5, 0.6) is 0 Å². The monoisotopic (exact) mass is 196 g/mol. The van der Waals surface area contributed by atoms with Gasteiger partial charge in [-0.25, -0.2) is 0 Å². The Morgan fingerprint density at radius 3 is 2.43 bits per heavy atom. The number of nitrogens with one attached hydrogen (secondary N) is 1. The summed E-state index contributed by atoms with van der Waals surface area (Å²) in [7, 11) is 2.09. The van der Waals surface area contributed by atoms with Crippen LogP contribution in [0.3, 0.4) is 0 Å². The van der Waals surface area contributed by atoms with Crippen LogP contribution in [-0.4, -0.2) is 37.1 Å². The Morgan fingerprint density at radius 2 is 2.00 bits per heavy atom. The minimum absolute atomic E-state index is 0.703. The largest absolute Gasteiger partial charge is 0.316 e. The molecule has 2 nitrogen and oxygen atoms in total. The zero-order valence-electron chi connectivity index (χ0n) is 9.63. The van der Waals surface area contributed by atoms with Crippen molar-refractivity contribution in [3.05, 3.63) is 0 Å². The minimum Gasteiger partial charge on any atom is -0.316 e. The van der Waals surface area contributed by atoms with Gasteiger partial charge < -0.3 is 5.32 Å². The lowest BCUT2D eigenvalue weighted by atomic mass is 10.2. The lowest BCUT2D eigenvalue weighted by molar-refractivity contribution is 0.224. The maximum atomic E-state index is 3.42. The van der Waals surface area contributed by atoms with E-state index in [0.29, 0.717) is 6.04 Å². The van der Waals surface area contributed by atoms with E-state index in [4.69, 9.17) is 0 Å². The van der Waals surface area contributed by atoms with Crippen LogP contribution < -0.4 is 5.32 Å². The molecule has 82 valence electrons. The van der Waals surface area contributed by atoms with Crippen molar-refractivity contribution in [3.8, 4) is 0 Å². The van der Waals surface area contributed by atoms with E-state index in [2.05, 4.69) is 24.2 Å². The van der Waals surface area contributed by atoms with Crippen LogP contribution >= 0.6 is 0 Å². The van der Waals surface area contributed by atoms with Crippen molar-refractivity contribution in [2.24, 2.45) is 5.92 Å². The highest BCUT2D eigenvalue weighted by atomic mass is 15.2. The van der Waals surface area contributed by atoms with E-state index < -0.39 is 0 Å². The highest BCUT2D eigenvalue weighted by Crippen LogP contribution is 2.34. The van der Waals surface area contributed by atoms with Crippen molar-refractivity contribution in [2.75, 3.05) is 20.1 Å². The quantitative estimate of drug-likeness (QED) is 0.668. The van der Waals surface area contributed by atoms with Crippen LogP contribution in [0.15, 0.2) is 0 Å². The summed E-state index contributed by atoms with van der Waals surface area (Å²) >= 11 is 0. The van der Waals surface area contributed by atoms with Crippen LogP contribution in [0.4, 0.5) is 0 Å². The molecule has 0 bridgehead atoms. The summed E-state index contributed by atoms with van der Waals surface area (Å²) in [6.45, 7) is 4.93. The molecule has 1 unspecified atom stereocenters. The molecule has 2 aliphatic carbocycles. The zero-order chi connectivity index (χ0) is 9.97. The van der Waals surface area contributed by atoms with Crippen LogP contribution in [-0.2, 0) is 0 Å². The molecule has 0 radical (unpaired) electrons. The molecular formula is C12H24N2. The van der Waals surface area contributed by atoms with Gasteiger partial charge >= 0.3 is 0 Å². The first kappa shape index (κ1) is 10.4. The highest BCUT2D eigenvalue weighted by molar-refractivity contribution is 4.89. The second kappa shape index (κ2) is 4.63. The van der Waals surface area contributed by atoms with Gasteiger partial charge in [-0.3, -0.25) is 4.90 Å². The predicted molar refractivity (Wildman–Crippen MR) is 60.5 cm³/mol. The fraction of sp³-hybridized carbons (Fsp3) is 1.00.